The third kappa shape index (κ3) is 2.45. The molecule has 1 atom stereocenters. The third-order valence-corrected chi connectivity index (χ3v) is 4.98. The molecule has 0 fully saturated rings. The summed E-state index contributed by atoms with van der Waals surface area (Å²) in [7, 11) is 0. The molecule has 3 heterocycles. The highest BCUT2D eigenvalue weighted by molar-refractivity contribution is 7.10. The molecule has 0 saturated carbocycles. The molecule has 3 rings (SSSR count). The van der Waals surface area contributed by atoms with E-state index in [9.17, 15) is 0 Å². The van der Waals surface area contributed by atoms with Crippen molar-refractivity contribution >= 4 is 17.2 Å². The van der Waals surface area contributed by atoms with Crippen molar-refractivity contribution in [3.63, 3.8) is 0 Å². The van der Waals surface area contributed by atoms with Crippen molar-refractivity contribution in [2.24, 2.45) is 0 Å². The van der Waals surface area contributed by atoms with Gasteiger partial charge in [-0.25, -0.2) is 4.98 Å². The number of pyridine rings is 1. The molecule has 0 bridgehead atoms. The van der Waals surface area contributed by atoms with Gasteiger partial charge in [-0.2, -0.15) is 0 Å². The Morgan fingerprint density at radius 3 is 3.20 bits per heavy atom. The second-order valence-corrected chi connectivity index (χ2v) is 6.19. The number of anilines is 1. The average molecular weight is 287 g/mol. The number of hydrogen-bond donors (Lipinski definition) is 1. The van der Waals surface area contributed by atoms with Gasteiger partial charge in [0.15, 0.2) is 0 Å². The van der Waals surface area contributed by atoms with Crippen molar-refractivity contribution < 1.29 is 0 Å². The largest absolute Gasteiger partial charge is 0.349 e. The Morgan fingerprint density at radius 1 is 1.45 bits per heavy atom. The van der Waals surface area contributed by atoms with Gasteiger partial charge in [0.1, 0.15) is 5.82 Å². The zero-order valence-electron chi connectivity index (χ0n) is 12.1. The van der Waals surface area contributed by atoms with Crippen LogP contribution in [0.2, 0.25) is 0 Å². The molecule has 1 unspecified atom stereocenters. The molecule has 0 saturated heterocycles. The van der Waals surface area contributed by atoms with Crippen LogP contribution < -0.4 is 10.2 Å². The highest BCUT2D eigenvalue weighted by atomic mass is 32.1. The number of fused-ring (bicyclic) bond motifs is 1. The lowest BCUT2D eigenvalue weighted by atomic mass is 10.0. The van der Waals surface area contributed by atoms with Crippen molar-refractivity contribution in [1.29, 1.82) is 0 Å². The number of nitrogens with one attached hydrogen (secondary N) is 1. The summed E-state index contributed by atoms with van der Waals surface area (Å²) in [5.74, 6) is 1.14. The first-order valence-electron chi connectivity index (χ1n) is 7.28. The Balaban J connectivity index is 1.90. The molecule has 2 aromatic rings. The van der Waals surface area contributed by atoms with Crippen LogP contribution in [0.4, 0.5) is 5.82 Å². The lowest BCUT2D eigenvalue weighted by Crippen LogP contribution is -2.34. The van der Waals surface area contributed by atoms with Crippen molar-refractivity contribution in [3.05, 3.63) is 45.8 Å². The molecule has 0 aliphatic carbocycles. The van der Waals surface area contributed by atoms with Gasteiger partial charge >= 0.3 is 0 Å². The Morgan fingerprint density at radius 2 is 2.35 bits per heavy atom. The van der Waals surface area contributed by atoms with Crippen LogP contribution in [0.15, 0.2) is 29.8 Å². The number of thiophene rings is 1. The number of nitrogens with zero attached hydrogens (tertiary/aromatic N) is 2. The molecule has 2 aromatic heterocycles. The molecule has 1 aliphatic heterocycles. The van der Waals surface area contributed by atoms with Crippen LogP contribution in [0.5, 0.6) is 0 Å². The van der Waals surface area contributed by atoms with Gasteiger partial charge in [0.25, 0.3) is 0 Å². The summed E-state index contributed by atoms with van der Waals surface area (Å²) in [6.45, 7) is 7.36. The molecule has 106 valence electrons. The van der Waals surface area contributed by atoms with Crippen LogP contribution in [0.3, 0.4) is 0 Å². The molecule has 1 aliphatic rings. The summed E-state index contributed by atoms with van der Waals surface area (Å²) < 4.78 is 0. The second kappa shape index (κ2) is 5.94. The van der Waals surface area contributed by atoms with Crippen molar-refractivity contribution in [3.8, 4) is 0 Å². The molecule has 0 radical (unpaired) electrons. The van der Waals surface area contributed by atoms with Gasteiger partial charge in [0.05, 0.1) is 6.04 Å². The maximum Gasteiger partial charge on any atom is 0.133 e. The van der Waals surface area contributed by atoms with Gasteiger partial charge in [-0.15, -0.1) is 11.3 Å². The standard InChI is InChI=1S/C16H21N3S/c1-3-17-11-13-5-4-8-18-16(13)19-9-6-15-14(12(19)2)7-10-20-15/h4-5,7-8,10,12,17H,3,6,9,11H2,1-2H3. The van der Waals surface area contributed by atoms with Gasteiger partial charge in [-0.05, 0) is 43.0 Å². The fraction of sp³-hybridized carbons (Fsp3) is 0.438. The van der Waals surface area contributed by atoms with Crippen LogP contribution in [0, 0.1) is 0 Å². The van der Waals surface area contributed by atoms with E-state index in [1.807, 2.05) is 23.6 Å². The number of aromatic nitrogens is 1. The minimum absolute atomic E-state index is 0.417. The lowest BCUT2D eigenvalue weighted by Gasteiger charge is -2.35. The molecule has 0 aromatic carbocycles. The SMILES string of the molecule is CCNCc1cccnc1N1CCc2sccc2C1C. The molecule has 0 spiro atoms. The van der Waals surface area contributed by atoms with E-state index in [1.165, 1.54) is 16.0 Å². The van der Waals surface area contributed by atoms with Crippen LogP contribution in [-0.2, 0) is 13.0 Å². The number of hydrogen-bond acceptors (Lipinski definition) is 4. The third-order valence-electron chi connectivity index (χ3n) is 3.98. The fourth-order valence-electron chi connectivity index (χ4n) is 2.89. The van der Waals surface area contributed by atoms with Crippen LogP contribution >= 0.6 is 11.3 Å². The van der Waals surface area contributed by atoms with Crippen LogP contribution in [-0.4, -0.2) is 18.1 Å². The van der Waals surface area contributed by atoms with E-state index in [-0.39, 0.29) is 0 Å². The van der Waals surface area contributed by atoms with E-state index in [0.29, 0.717) is 6.04 Å². The van der Waals surface area contributed by atoms with E-state index in [4.69, 9.17) is 0 Å². The predicted octanol–water partition coefficient (Wildman–Crippen LogP) is 3.38. The Bertz CT molecular complexity index is 579. The summed E-state index contributed by atoms with van der Waals surface area (Å²) in [6, 6.07) is 6.89. The first-order valence-corrected chi connectivity index (χ1v) is 8.16. The molecule has 1 N–H and O–H groups in total. The molecule has 4 heteroatoms. The summed E-state index contributed by atoms with van der Waals surface area (Å²) in [5, 5.41) is 5.62. The van der Waals surface area contributed by atoms with E-state index < -0.39 is 0 Å². The minimum Gasteiger partial charge on any atom is -0.349 e. The molecular weight excluding hydrogens is 266 g/mol. The van der Waals surface area contributed by atoms with E-state index >= 15 is 0 Å². The Hall–Kier alpha value is -1.39. The van der Waals surface area contributed by atoms with Gasteiger partial charge in [0.2, 0.25) is 0 Å². The predicted molar refractivity (Wildman–Crippen MR) is 85.4 cm³/mol. The average Bonchev–Trinajstić information content (AvgIpc) is 2.95. The van der Waals surface area contributed by atoms with Gasteiger partial charge in [0, 0.05) is 29.7 Å². The van der Waals surface area contributed by atoms with E-state index in [0.717, 1.165) is 31.9 Å². The molecule has 20 heavy (non-hydrogen) atoms. The summed E-state index contributed by atoms with van der Waals surface area (Å²) in [4.78, 5) is 8.64. The monoisotopic (exact) mass is 287 g/mol. The van der Waals surface area contributed by atoms with Crippen LogP contribution in [0.25, 0.3) is 0 Å². The Labute approximate surface area is 124 Å². The first kappa shape index (κ1) is 13.6. The molecule has 3 nitrogen and oxygen atoms in total. The summed E-state index contributed by atoms with van der Waals surface area (Å²) in [5.41, 5.74) is 2.76. The zero-order chi connectivity index (χ0) is 13.9. The van der Waals surface area contributed by atoms with E-state index in [2.05, 4.69) is 46.6 Å². The topological polar surface area (TPSA) is 28.2 Å². The van der Waals surface area contributed by atoms with Crippen molar-refractivity contribution in [1.82, 2.24) is 10.3 Å². The normalized spacial score (nSPS) is 18.1. The van der Waals surface area contributed by atoms with Gasteiger partial charge in [-0.1, -0.05) is 13.0 Å². The van der Waals surface area contributed by atoms with Crippen LogP contribution in [0.1, 0.15) is 35.9 Å². The van der Waals surface area contributed by atoms with Crippen molar-refractivity contribution in [2.75, 3.05) is 18.0 Å². The minimum atomic E-state index is 0.417. The van der Waals surface area contributed by atoms with Gasteiger partial charge in [-0.3, -0.25) is 0 Å². The maximum atomic E-state index is 4.65. The first-order chi connectivity index (χ1) is 9.81. The highest BCUT2D eigenvalue weighted by Crippen LogP contribution is 2.36. The second-order valence-electron chi connectivity index (χ2n) is 5.18. The van der Waals surface area contributed by atoms with Gasteiger partial charge < -0.3 is 10.2 Å². The molecule has 0 amide bonds. The quantitative estimate of drug-likeness (QED) is 0.934. The fourth-order valence-corrected chi connectivity index (χ4v) is 3.85. The van der Waals surface area contributed by atoms with E-state index in [1.54, 1.807) is 0 Å². The Kier molecular flexibility index (Phi) is 4.03. The lowest BCUT2D eigenvalue weighted by molar-refractivity contribution is 0.616. The highest BCUT2D eigenvalue weighted by Gasteiger charge is 2.26. The molecular formula is C16H21N3S. The summed E-state index contributed by atoms with van der Waals surface area (Å²) >= 11 is 1.89. The number of rotatable bonds is 4. The van der Waals surface area contributed by atoms with Crippen molar-refractivity contribution in [2.45, 2.75) is 32.9 Å². The maximum absolute atomic E-state index is 4.65. The summed E-state index contributed by atoms with van der Waals surface area (Å²) in [6.07, 6.45) is 3.04. The zero-order valence-corrected chi connectivity index (χ0v) is 12.9. The smallest absolute Gasteiger partial charge is 0.133 e.